The Bertz CT molecular complexity index is 2930. The van der Waals surface area contributed by atoms with Crippen LogP contribution in [0.3, 0.4) is 0 Å². The van der Waals surface area contributed by atoms with Gasteiger partial charge in [-0.3, -0.25) is 0 Å². The molecule has 8 aromatic carbocycles. The Kier molecular flexibility index (Phi) is 10.1. The molecule has 10 rings (SSSR count). The van der Waals surface area contributed by atoms with Crippen LogP contribution in [0.2, 0.25) is 0 Å². The highest BCUT2D eigenvalue weighted by Crippen LogP contribution is 2.51. The van der Waals surface area contributed by atoms with Gasteiger partial charge in [0.15, 0.2) is 0 Å². The molecule has 0 atom stereocenters. The van der Waals surface area contributed by atoms with Crippen LogP contribution in [0, 0.1) is 41.5 Å². The third kappa shape index (κ3) is 7.12. The maximum absolute atomic E-state index is 2.65. The van der Waals surface area contributed by atoms with Crippen LogP contribution in [0.15, 0.2) is 152 Å². The summed E-state index contributed by atoms with van der Waals surface area (Å²) >= 11 is 0. The lowest BCUT2D eigenvalue weighted by Crippen LogP contribution is -2.62. The summed E-state index contributed by atoms with van der Waals surface area (Å²) in [5, 5.41) is 0. The Morgan fingerprint density at radius 2 is 0.692 bits per heavy atom. The summed E-state index contributed by atoms with van der Waals surface area (Å²) < 4.78 is 0. The molecule has 322 valence electrons. The van der Waals surface area contributed by atoms with Crippen LogP contribution in [-0.4, -0.2) is 6.71 Å². The third-order valence-electron chi connectivity index (χ3n) is 14.0. The molecule has 2 heterocycles. The van der Waals surface area contributed by atoms with E-state index in [0.29, 0.717) is 0 Å². The second kappa shape index (κ2) is 15.6. The number of rotatable bonds is 5. The number of hydrogen-bond donors (Lipinski definition) is 0. The van der Waals surface area contributed by atoms with E-state index in [4.69, 9.17) is 0 Å². The summed E-state index contributed by atoms with van der Waals surface area (Å²) in [7, 11) is 0. The molecule has 3 heteroatoms. The van der Waals surface area contributed by atoms with Gasteiger partial charge >= 0.3 is 0 Å². The molecule has 0 aromatic heterocycles. The maximum atomic E-state index is 2.65. The van der Waals surface area contributed by atoms with Gasteiger partial charge in [0.2, 0.25) is 0 Å². The lowest BCUT2D eigenvalue weighted by molar-refractivity contribution is 0.592. The van der Waals surface area contributed by atoms with Crippen LogP contribution < -0.4 is 26.2 Å². The molecule has 0 bridgehead atoms. The van der Waals surface area contributed by atoms with Crippen molar-refractivity contribution >= 4 is 57.2 Å². The zero-order valence-corrected chi connectivity index (χ0v) is 40.4. The summed E-state index contributed by atoms with van der Waals surface area (Å²) in [6, 6.07) is 57.9. The van der Waals surface area contributed by atoms with E-state index >= 15 is 0 Å². The van der Waals surface area contributed by atoms with Gasteiger partial charge in [-0.25, -0.2) is 0 Å². The number of benzene rings is 8. The van der Waals surface area contributed by atoms with Crippen molar-refractivity contribution in [3.05, 3.63) is 196 Å². The summed E-state index contributed by atoms with van der Waals surface area (Å²) in [5.41, 5.74) is 29.1. The second-order valence-corrected chi connectivity index (χ2v) is 21.0. The fourth-order valence-electron chi connectivity index (χ4n) is 11.4. The normalized spacial score (nSPS) is 13.1. The van der Waals surface area contributed by atoms with Gasteiger partial charge in [0.1, 0.15) is 0 Å². The van der Waals surface area contributed by atoms with Crippen molar-refractivity contribution in [3.63, 3.8) is 0 Å². The average molecular weight is 845 g/mol. The van der Waals surface area contributed by atoms with Crippen molar-refractivity contribution in [1.29, 1.82) is 0 Å². The first-order valence-electron chi connectivity index (χ1n) is 23.5. The fraction of sp³-hybridized carbons (Fsp3) is 0.226. The molecule has 2 nitrogen and oxygen atoms in total. The van der Waals surface area contributed by atoms with E-state index in [-0.39, 0.29) is 17.5 Å². The summed E-state index contributed by atoms with van der Waals surface area (Å²) in [4.78, 5) is 5.31. The molecule has 0 unspecified atom stereocenters. The number of aryl methyl sites for hydroxylation is 6. The third-order valence-corrected chi connectivity index (χ3v) is 14.0. The molecule has 65 heavy (non-hydrogen) atoms. The summed E-state index contributed by atoms with van der Waals surface area (Å²) in [5.74, 6) is 0. The standard InChI is InChI=1S/C62H61BN2/c1-38-28-40(3)59(41(4)29-38)64-54-34-48(45-24-18-14-19-25-45)50(61(7,8)9)36-52(54)63-53-37-51(62(10,11)12)49(46-26-20-15-21-27-46)35-55(53)65(60-42(5)30-39(2)31-43(60)6)57-33-47(32-56(64)58(57)63)44-22-16-13-17-23-44/h13-37H,1-12H3. The number of anilines is 6. The van der Waals surface area contributed by atoms with E-state index in [1.165, 1.54) is 128 Å². The molecule has 0 radical (unpaired) electrons. The Hall–Kier alpha value is -6.58. The number of fused-ring (bicyclic) bond motifs is 4. The first-order chi connectivity index (χ1) is 31.0. The van der Waals surface area contributed by atoms with Crippen molar-refractivity contribution < 1.29 is 0 Å². The van der Waals surface area contributed by atoms with Crippen LogP contribution in [0.5, 0.6) is 0 Å². The second-order valence-electron chi connectivity index (χ2n) is 21.0. The van der Waals surface area contributed by atoms with Crippen molar-refractivity contribution in [2.45, 2.75) is 93.9 Å². The number of nitrogens with zero attached hydrogens (tertiary/aromatic N) is 2. The predicted octanol–water partition coefficient (Wildman–Crippen LogP) is 15.2. The van der Waals surface area contributed by atoms with E-state index in [9.17, 15) is 0 Å². The summed E-state index contributed by atoms with van der Waals surface area (Å²) in [6.07, 6.45) is 0. The van der Waals surface area contributed by atoms with E-state index in [2.05, 4.69) is 245 Å². The number of hydrogen-bond acceptors (Lipinski definition) is 2. The Morgan fingerprint density at radius 3 is 1.03 bits per heavy atom. The van der Waals surface area contributed by atoms with E-state index in [1.807, 2.05) is 0 Å². The van der Waals surface area contributed by atoms with Crippen LogP contribution in [0.4, 0.5) is 34.1 Å². The van der Waals surface area contributed by atoms with Gasteiger partial charge in [0.05, 0.1) is 11.4 Å². The molecular weight excluding hydrogens is 784 g/mol. The smallest absolute Gasteiger partial charge is 0.252 e. The zero-order valence-electron chi connectivity index (χ0n) is 40.4. The Labute approximate surface area is 388 Å². The molecule has 0 N–H and O–H groups in total. The molecule has 0 spiro atoms. The van der Waals surface area contributed by atoms with Gasteiger partial charge < -0.3 is 9.80 Å². The minimum Gasteiger partial charge on any atom is -0.311 e. The molecule has 0 amide bonds. The molecule has 0 aliphatic carbocycles. The highest BCUT2D eigenvalue weighted by Gasteiger charge is 2.46. The van der Waals surface area contributed by atoms with Crippen LogP contribution in [0.25, 0.3) is 33.4 Å². The fourth-order valence-corrected chi connectivity index (χ4v) is 11.4. The highest BCUT2D eigenvalue weighted by molar-refractivity contribution is 7.00. The monoisotopic (exact) mass is 844 g/mol. The van der Waals surface area contributed by atoms with Gasteiger partial charge in [-0.2, -0.15) is 0 Å². The van der Waals surface area contributed by atoms with Gasteiger partial charge in [0, 0.05) is 22.7 Å². The van der Waals surface area contributed by atoms with Crippen molar-refractivity contribution in [3.8, 4) is 33.4 Å². The summed E-state index contributed by atoms with van der Waals surface area (Å²) in [6.45, 7) is 27.9. The van der Waals surface area contributed by atoms with Gasteiger partial charge in [0.25, 0.3) is 6.71 Å². The molecule has 0 saturated heterocycles. The maximum Gasteiger partial charge on any atom is 0.252 e. The predicted molar refractivity (Wildman–Crippen MR) is 283 cm³/mol. The first-order valence-corrected chi connectivity index (χ1v) is 23.5. The van der Waals surface area contributed by atoms with Gasteiger partial charge in [-0.05, 0) is 160 Å². The topological polar surface area (TPSA) is 6.48 Å². The van der Waals surface area contributed by atoms with Crippen molar-refractivity contribution in [2.75, 3.05) is 9.80 Å². The average Bonchev–Trinajstić information content (AvgIpc) is 3.26. The minimum atomic E-state index is -0.131. The highest BCUT2D eigenvalue weighted by atomic mass is 15.2. The Morgan fingerprint density at radius 1 is 0.354 bits per heavy atom. The van der Waals surface area contributed by atoms with E-state index < -0.39 is 0 Å². The lowest BCUT2D eigenvalue weighted by Gasteiger charge is -2.47. The molecule has 2 aliphatic heterocycles. The van der Waals surface area contributed by atoms with Crippen LogP contribution in [-0.2, 0) is 10.8 Å². The molecule has 0 fully saturated rings. The van der Waals surface area contributed by atoms with E-state index in [1.54, 1.807) is 0 Å². The van der Waals surface area contributed by atoms with Gasteiger partial charge in [-0.1, -0.05) is 180 Å². The zero-order chi connectivity index (χ0) is 45.7. The quantitative estimate of drug-likeness (QED) is 0.159. The minimum absolute atomic E-state index is 0.0451. The largest absolute Gasteiger partial charge is 0.311 e. The van der Waals surface area contributed by atoms with Crippen LogP contribution in [0.1, 0.15) is 86.1 Å². The Balaban J connectivity index is 1.44. The molecule has 8 aromatic rings. The first kappa shape index (κ1) is 42.4. The molecule has 0 saturated carbocycles. The van der Waals surface area contributed by atoms with E-state index in [0.717, 1.165) is 0 Å². The van der Waals surface area contributed by atoms with Crippen LogP contribution >= 0.6 is 0 Å². The van der Waals surface area contributed by atoms with Gasteiger partial charge in [-0.15, -0.1) is 0 Å². The lowest BCUT2D eigenvalue weighted by atomic mass is 9.33. The molecule has 2 aliphatic rings. The SMILES string of the molecule is Cc1cc(C)c(N2c3cc(-c4ccccc4)c(C(C)(C)C)cc3B3c4cc(C(C)(C)C)c(-c5ccccc5)cc4N(c4c(C)cc(C)cc4C)c4cc(-c5ccccc5)cc2c43)c(C)c1. The van der Waals surface area contributed by atoms with Crippen molar-refractivity contribution in [1.82, 2.24) is 0 Å². The van der Waals surface area contributed by atoms with Crippen molar-refractivity contribution in [2.24, 2.45) is 0 Å². The molecular formula is C62H61BN2.